The van der Waals surface area contributed by atoms with E-state index >= 15 is 0 Å². The van der Waals surface area contributed by atoms with Gasteiger partial charge in [-0.1, -0.05) is 0 Å². The van der Waals surface area contributed by atoms with Gasteiger partial charge in [0.15, 0.2) is 0 Å². The Bertz CT molecular complexity index is 569. The van der Waals surface area contributed by atoms with Gasteiger partial charge in [0.1, 0.15) is 0 Å². The predicted molar refractivity (Wildman–Crippen MR) is 80.0 cm³/mol. The highest BCUT2D eigenvalue weighted by Gasteiger charge is 2.30. The second kappa shape index (κ2) is 5.69. The number of hydrogen-bond donors (Lipinski definition) is 2. The number of anilines is 1. The fraction of sp³-hybridized carbons (Fsp3) is 0.538. The lowest BCUT2D eigenvalue weighted by Crippen LogP contribution is -2.47. The Labute approximate surface area is 120 Å². The van der Waals surface area contributed by atoms with Gasteiger partial charge in [-0.25, -0.2) is 8.42 Å². The molecule has 1 saturated heterocycles. The molecule has 1 aliphatic heterocycles. The van der Waals surface area contributed by atoms with E-state index in [-0.39, 0.29) is 0 Å². The van der Waals surface area contributed by atoms with Crippen LogP contribution in [0.5, 0.6) is 0 Å². The third-order valence-corrected chi connectivity index (χ3v) is 5.89. The van der Waals surface area contributed by atoms with Crippen molar-refractivity contribution >= 4 is 15.7 Å². The highest BCUT2D eigenvalue weighted by molar-refractivity contribution is 7.89. The van der Waals surface area contributed by atoms with Gasteiger partial charge in [-0.05, 0) is 44.2 Å². The molecule has 1 aliphatic rings. The zero-order valence-corrected chi connectivity index (χ0v) is 13.0. The third kappa shape index (κ3) is 2.80. The minimum atomic E-state index is -3.43. The number of nitrogen functional groups attached to an aromatic ring is 1. The first-order chi connectivity index (χ1) is 9.36. The van der Waals surface area contributed by atoms with Gasteiger partial charge in [0, 0.05) is 31.9 Å². The average molecular weight is 298 g/mol. The van der Waals surface area contributed by atoms with Gasteiger partial charge in [-0.15, -0.1) is 0 Å². The van der Waals surface area contributed by atoms with Crippen LogP contribution in [-0.4, -0.2) is 50.8 Å². The molecule has 0 aromatic heterocycles. The van der Waals surface area contributed by atoms with Crippen molar-refractivity contribution in [3.63, 3.8) is 0 Å². The van der Waals surface area contributed by atoms with E-state index in [9.17, 15) is 8.42 Å². The lowest BCUT2D eigenvalue weighted by molar-refractivity contribution is 0.222. The van der Waals surface area contributed by atoms with Crippen molar-refractivity contribution in [2.24, 2.45) is 5.84 Å². The summed E-state index contributed by atoms with van der Waals surface area (Å²) in [4.78, 5) is 2.54. The van der Waals surface area contributed by atoms with Gasteiger partial charge in [0.25, 0.3) is 0 Å². The second-order valence-corrected chi connectivity index (χ2v) is 7.17. The molecule has 0 spiro atoms. The molecule has 6 nitrogen and oxygen atoms in total. The SMILES string of the molecule is Cc1cc(NN)cc(C)c1S(=O)(=O)N1CCN(C)CC1. The quantitative estimate of drug-likeness (QED) is 0.628. The van der Waals surface area contributed by atoms with E-state index < -0.39 is 10.0 Å². The summed E-state index contributed by atoms with van der Waals surface area (Å²) in [5.74, 6) is 5.39. The maximum absolute atomic E-state index is 12.8. The van der Waals surface area contributed by atoms with Gasteiger partial charge >= 0.3 is 0 Å². The average Bonchev–Trinajstić information content (AvgIpc) is 2.37. The molecule has 3 N–H and O–H groups in total. The van der Waals surface area contributed by atoms with Crippen LogP contribution in [-0.2, 0) is 10.0 Å². The minimum Gasteiger partial charge on any atom is -0.324 e. The lowest BCUT2D eigenvalue weighted by Gasteiger charge is -2.32. The minimum absolute atomic E-state index is 0.404. The number of nitrogens with zero attached hydrogens (tertiary/aromatic N) is 2. The number of rotatable bonds is 3. The van der Waals surface area contributed by atoms with Crippen molar-refractivity contribution in [2.45, 2.75) is 18.7 Å². The Balaban J connectivity index is 2.39. The van der Waals surface area contributed by atoms with Crippen LogP contribution in [0.1, 0.15) is 11.1 Å². The van der Waals surface area contributed by atoms with Crippen molar-refractivity contribution in [3.05, 3.63) is 23.3 Å². The first kappa shape index (κ1) is 15.2. The summed E-state index contributed by atoms with van der Waals surface area (Å²) >= 11 is 0. The zero-order valence-electron chi connectivity index (χ0n) is 12.2. The summed E-state index contributed by atoms with van der Waals surface area (Å²) in [6, 6.07) is 3.52. The number of benzene rings is 1. The van der Waals surface area contributed by atoms with E-state index in [1.807, 2.05) is 7.05 Å². The number of likely N-dealkylation sites (N-methyl/N-ethyl adjacent to an activating group) is 1. The number of nitrogens with two attached hydrogens (primary N) is 1. The first-order valence-corrected chi connectivity index (χ1v) is 8.07. The van der Waals surface area contributed by atoms with Gasteiger partial charge in [0.2, 0.25) is 10.0 Å². The van der Waals surface area contributed by atoms with Crippen LogP contribution in [0.4, 0.5) is 5.69 Å². The molecule has 7 heteroatoms. The number of hydrogen-bond acceptors (Lipinski definition) is 5. The van der Waals surface area contributed by atoms with Crippen molar-refractivity contribution < 1.29 is 8.42 Å². The van der Waals surface area contributed by atoms with Crippen molar-refractivity contribution in [1.82, 2.24) is 9.21 Å². The van der Waals surface area contributed by atoms with Crippen molar-refractivity contribution in [3.8, 4) is 0 Å². The molecule has 20 heavy (non-hydrogen) atoms. The third-order valence-electron chi connectivity index (χ3n) is 3.69. The molecule has 0 amide bonds. The molecular weight excluding hydrogens is 276 g/mol. The lowest BCUT2D eigenvalue weighted by atomic mass is 10.1. The zero-order chi connectivity index (χ0) is 14.9. The first-order valence-electron chi connectivity index (χ1n) is 6.63. The number of hydrazine groups is 1. The number of aryl methyl sites for hydroxylation is 2. The fourth-order valence-electron chi connectivity index (χ4n) is 2.60. The second-order valence-electron chi connectivity index (χ2n) is 5.29. The topological polar surface area (TPSA) is 78.7 Å². The summed E-state index contributed by atoms with van der Waals surface area (Å²) in [6.07, 6.45) is 0. The van der Waals surface area contributed by atoms with Crippen molar-refractivity contribution in [2.75, 3.05) is 38.7 Å². The molecule has 112 valence electrons. The van der Waals surface area contributed by atoms with Crippen LogP contribution in [0, 0.1) is 13.8 Å². The summed E-state index contributed by atoms with van der Waals surface area (Å²) in [7, 11) is -1.43. The molecule has 1 aromatic rings. The summed E-state index contributed by atoms with van der Waals surface area (Å²) in [5, 5.41) is 0. The van der Waals surface area contributed by atoms with Crippen molar-refractivity contribution in [1.29, 1.82) is 0 Å². The molecule has 0 atom stereocenters. The van der Waals surface area contributed by atoms with E-state index in [0.717, 1.165) is 29.9 Å². The fourth-order valence-corrected chi connectivity index (χ4v) is 4.43. The van der Waals surface area contributed by atoms with Gasteiger partial charge < -0.3 is 10.3 Å². The monoisotopic (exact) mass is 298 g/mol. The molecule has 1 aromatic carbocycles. The number of piperazine rings is 1. The maximum Gasteiger partial charge on any atom is 0.243 e. The Kier molecular flexibility index (Phi) is 4.33. The largest absolute Gasteiger partial charge is 0.324 e. The molecule has 0 unspecified atom stereocenters. The highest BCUT2D eigenvalue weighted by atomic mass is 32.2. The molecule has 0 radical (unpaired) electrons. The Hall–Kier alpha value is -1.15. The van der Waals surface area contributed by atoms with Gasteiger partial charge in [0.05, 0.1) is 4.90 Å². The molecule has 2 rings (SSSR count). The van der Waals surface area contributed by atoms with Crippen LogP contribution in [0.25, 0.3) is 0 Å². The molecular formula is C13H22N4O2S. The Morgan fingerprint density at radius 1 is 1.10 bits per heavy atom. The Morgan fingerprint density at radius 3 is 2.05 bits per heavy atom. The van der Waals surface area contributed by atoms with Crippen LogP contribution < -0.4 is 11.3 Å². The molecule has 0 bridgehead atoms. The summed E-state index contributed by atoms with van der Waals surface area (Å²) < 4.78 is 27.1. The van der Waals surface area contributed by atoms with Crippen LogP contribution >= 0.6 is 0 Å². The molecule has 1 heterocycles. The van der Waals surface area contributed by atoms with E-state index in [2.05, 4.69) is 10.3 Å². The molecule has 0 aliphatic carbocycles. The standard InChI is InChI=1S/C13H22N4O2S/c1-10-8-12(15-14)9-11(2)13(10)20(18,19)17-6-4-16(3)5-7-17/h8-9,15H,4-7,14H2,1-3H3. The van der Waals surface area contributed by atoms with Gasteiger partial charge in [-0.3, -0.25) is 5.84 Å². The maximum atomic E-state index is 12.8. The number of nitrogens with one attached hydrogen (secondary N) is 1. The van der Waals surface area contributed by atoms with Gasteiger partial charge in [-0.2, -0.15) is 4.31 Å². The van der Waals surface area contributed by atoms with Crippen LogP contribution in [0.3, 0.4) is 0 Å². The van der Waals surface area contributed by atoms with E-state index in [1.165, 1.54) is 0 Å². The number of sulfonamides is 1. The van der Waals surface area contributed by atoms with Crippen LogP contribution in [0.2, 0.25) is 0 Å². The Morgan fingerprint density at radius 2 is 1.60 bits per heavy atom. The smallest absolute Gasteiger partial charge is 0.243 e. The normalized spacial score (nSPS) is 18.2. The summed E-state index contributed by atoms with van der Waals surface area (Å²) in [6.45, 7) is 6.20. The highest BCUT2D eigenvalue weighted by Crippen LogP contribution is 2.27. The van der Waals surface area contributed by atoms with E-state index in [1.54, 1.807) is 30.3 Å². The van der Waals surface area contributed by atoms with E-state index in [0.29, 0.717) is 18.0 Å². The van der Waals surface area contributed by atoms with Crippen LogP contribution in [0.15, 0.2) is 17.0 Å². The summed E-state index contributed by atoms with van der Waals surface area (Å²) in [5.41, 5.74) is 4.72. The molecule has 1 fully saturated rings. The molecule has 0 saturated carbocycles. The predicted octanol–water partition coefficient (Wildman–Crippen LogP) is 0.525. The van der Waals surface area contributed by atoms with E-state index in [4.69, 9.17) is 5.84 Å².